The number of benzene rings is 2. The summed E-state index contributed by atoms with van der Waals surface area (Å²) in [5.74, 6) is 5.81. The Bertz CT molecular complexity index is 2010. The highest BCUT2D eigenvalue weighted by Crippen LogP contribution is 2.35. The van der Waals surface area contributed by atoms with Crippen LogP contribution in [0.1, 0.15) is 46.0 Å². The molecule has 1 saturated heterocycles. The fraction of sp³-hybridized carbons (Fsp3) is 0.375. The first-order chi connectivity index (χ1) is 25.4. The molecule has 53 heavy (non-hydrogen) atoms. The van der Waals surface area contributed by atoms with Crippen LogP contribution < -0.4 is 16.1 Å². The molecular formula is C40H48F3N9O. The Morgan fingerprint density at radius 3 is 2.57 bits per heavy atom. The molecule has 0 atom stereocenters. The topological polar surface area (TPSA) is 86.0 Å². The predicted octanol–water partition coefficient (Wildman–Crippen LogP) is 6.19. The molecule has 5 rings (SSSR count). The van der Waals surface area contributed by atoms with Crippen molar-refractivity contribution in [2.24, 2.45) is 4.99 Å². The fourth-order valence-electron chi connectivity index (χ4n) is 6.13. The number of nitrogens with one attached hydrogen (secondary N) is 2. The minimum atomic E-state index is -4.56. The van der Waals surface area contributed by atoms with E-state index in [0.29, 0.717) is 30.7 Å². The van der Waals surface area contributed by atoms with E-state index in [1.54, 1.807) is 24.4 Å². The Morgan fingerprint density at radius 2 is 1.85 bits per heavy atom. The van der Waals surface area contributed by atoms with E-state index in [4.69, 9.17) is 0 Å². The average molecular weight is 728 g/mol. The van der Waals surface area contributed by atoms with E-state index in [0.717, 1.165) is 62.1 Å². The molecule has 2 aromatic heterocycles. The Kier molecular flexibility index (Phi) is 13.3. The monoisotopic (exact) mass is 727 g/mol. The Labute approximate surface area is 309 Å². The number of aryl methyl sites for hydroxylation is 2. The molecule has 1 aliphatic heterocycles. The zero-order valence-electron chi connectivity index (χ0n) is 30.9. The first-order valence-corrected chi connectivity index (χ1v) is 17.8. The van der Waals surface area contributed by atoms with E-state index in [1.807, 2.05) is 59.7 Å². The fourth-order valence-corrected chi connectivity index (χ4v) is 6.13. The molecule has 2 N–H and O–H groups in total. The maximum Gasteiger partial charge on any atom is 0.416 e. The summed E-state index contributed by atoms with van der Waals surface area (Å²) in [4.78, 5) is 24.2. The predicted molar refractivity (Wildman–Crippen MR) is 204 cm³/mol. The number of anilines is 3. The highest BCUT2D eigenvalue weighted by Gasteiger charge is 2.34. The van der Waals surface area contributed by atoms with Gasteiger partial charge in [0.1, 0.15) is 0 Å². The van der Waals surface area contributed by atoms with Crippen LogP contribution in [0, 0.1) is 18.8 Å². The van der Waals surface area contributed by atoms with Gasteiger partial charge >= 0.3 is 6.18 Å². The average Bonchev–Trinajstić information content (AvgIpc) is 3.57. The molecule has 280 valence electrons. The lowest BCUT2D eigenvalue weighted by molar-refractivity contribution is -0.138. The third kappa shape index (κ3) is 10.9. The number of carbonyl (C=O) groups is 1. The number of piperazine rings is 1. The number of nitrogens with zero attached hydrogens (tertiary/aromatic N) is 7. The first-order valence-electron chi connectivity index (χ1n) is 17.8. The van der Waals surface area contributed by atoms with Crippen molar-refractivity contribution >= 4 is 23.0 Å². The SMILES string of the molecule is C=CN=c1c(Nc2cnn(CCCN(C)C)c2)cccn1CC#Cc1cc(C(=O)Nc2ccc(CN3CCN(CC)CC3)c(C(F)(F)F)c2)ccc1C. The first kappa shape index (κ1) is 39.1. The summed E-state index contributed by atoms with van der Waals surface area (Å²) in [7, 11) is 4.09. The molecule has 0 saturated carbocycles. The summed E-state index contributed by atoms with van der Waals surface area (Å²) in [5, 5.41) is 10.5. The number of carbonyl (C=O) groups excluding carboxylic acids is 1. The lowest BCUT2D eigenvalue weighted by Gasteiger charge is -2.34. The number of rotatable bonds is 13. The molecule has 3 heterocycles. The van der Waals surface area contributed by atoms with Gasteiger partial charge in [-0.1, -0.05) is 37.5 Å². The van der Waals surface area contributed by atoms with Crippen molar-refractivity contribution in [1.29, 1.82) is 0 Å². The van der Waals surface area contributed by atoms with Crippen LogP contribution in [-0.2, 0) is 25.8 Å². The highest BCUT2D eigenvalue weighted by atomic mass is 19.4. The quantitative estimate of drug-likeness (QED) is 0.160. The van der Waals surface area contributed by atoms with E-state index in [9.17, 15) is 18.0 Å². The maximum atomic E-state index is 14.2. The highest BCUT2D eigenvalue weighted by molar-refractivity contribution is 6.04. The van der Waals surface area contributed by atoms with E-state index in [2.05, 4.69) is 55.9 Å². The van der Waals surface area contributed by atoms with E-state index >= 15 is 0 Å². The van der Waals surface area contributed by atoms with Crippen LogP contribution in [0.2, 0.25) is 0 Å². The molecule has 1 amide bonds. The Hall–Kier alpha value is -5.16. The normalized spacial score (nSPS) is 14.2. The molecule has 1 fully saturated rings. The van der Waals surface area contributed by atoms with Crippen molar-refractivity contribution in [1.82, 2.24) is 29.0 Å². The van der Waals surface area contributed by atoms with Crippen molar-refractivity contribution in [3.63, 3.8) is 0 Å². The van der Waals surface area contributed by atoms with Gasteiger partial charge in [0.2, 0.25) is 0 Å². The summed E-state index contributed by atoms with van der Waals surface area (Å²) in [6.07, 6.45) is 3.50. The number of hydrogen-bond acceptors (Lipinski definition) is 7. The third-order valence-electron chi connectivity index (χ3n) is 9.11. The van der Waals surface area contributed by atoms with Gasteiger partial charge < -0.3 is 25.0 Å². The molecule has 1 aliphatic rings. The third-order valence-corrected chi connectivity index (χ3v) is 9.11. The minimum Gasteiger partial charge on any atom is -0.350 e. The lowest BCUT2D eigenvalue weighted by Crippen LogP contribution is -2.45. The zero-order chi connectivity index (χ0) is 38.0. The molecule has 4 aromatic rings. The number of likely N-dealkylation sites (N-methyl/N-ethyl adjacent to an activating group) is 1. The summed E-state index contributed by atoms with van der Waals surface area (Å²) in [6.45, 7) is 14.0. The van der Waals surface area contributed by atoms with Crippen LogP contribution in [0.15, 0.2) is 84.9 Å². The van der Waals surface area contributed by atoms with Crippen LogP contribution >= 0.6 is 0 Å². The van der Waals surface area contributed by atoms with Crippen molar-refractivity contribution < 1.29 is 18.0 Å². The van der Waals surface area contributed by atoms with E-state index < -0.39 is 17.6 Å². The van der Waals surface area contributed by atoms with Gasteiger partial charge in [-0.3, -0.25) is 14.4 Å². The molecule has 0 radical (unpaired) electrons. The summed E-state index contributed by atoms with van der Waals surface area (Å²) in [5.41, 5.74) is 3.52. The molecule has 0 spiro atoms. The van der Waals surface area contributed by atoms with Crippen molar-refractivity contribution in [3.8, 4) is 11.8 Å². The second-order valence-electron chi connectivity index (χ2n) is 13.3. The van der Waals surface area contributed by atoms with Crippen molar-refractivity contribution in [2.75, 3.05) is 64.0 Å². The van der Waals surface area contributed by atoms with Crippen LogP contribution in [0.25, 0.3) is 0 Å². The van der Waals surface area contributed by atoms with Gasteiger partial charge in [-0.15, -0.1) is 0 Å². The zero-order valence-corrected chi connectivity index (χ0v) is 30.9. The molecule has 0 aliphatic carbocycles. The van der Waals surface area contributed by atoms with Crippen LogP contribution in [0.3, 0.4) is 0 Å². The second kappa shape index (κ2) is 18.1. The van der Waals surface area contributed by atoms with Gasteiger partial charge in [0, 0.05) is 74.7 Å². The van der Waals surface area contributed by atoms with Gasteiger partial charge in [0.15, 0.2) is 5.49 Å². The number of alkyl halides is 3. The Balaban J connectivity index is 1.28. The molecule has 13 heteroatoms. The van der Waals surface area contributed by atoms with Gasteiger partial charge in [-0.05, 0) is 88.1 Å². The smallest absolute Gasteiger partial charge is 0.350 e. The number of halogens is 3. The van der Waals surface area contributed by atoms with Crippen LogP contribution in [0.5, 0.6) is 0 Å². The minimum absolute atomic E-state index is 0.0788. The molecule has 2 aromatic carbocycles. The van der Waals surface area contributed by atoms with E-state index in [1.165, 1.54) is 18.3 Å². The van der Waals surface area contributed by atoms with Crippen LogP contribution in [0.4, 0.5) is 30.2 Å². The van der Waals surface area contributed by atoms with E-state index in [-0.39, 0.29) is 23.4 Å². The maximum absolute atomic E-state index is 14.2. The standard InChI is InChI=1S/C40H48F3N9O/c1-6-44-38-37(46-35-27-45-52(29-35)20-10-17-48(4)5)12-9-19-51(38)18-8-11-31-25-32(14-13-30(31)3)39(53)47-34-16-15-33(36(26-34)40(41,42)43)28-50-23-21-49(7-2)22-24-50/h6,9,12-16,19,25-27,29,46H,1,7,10,17-18,20-24,28H2,2-5H3,(H,47,53). The molecule has 0 unspecified atom stereocenters. The molecular weight excluding hydrogens is 679 g/mol. The number of amides is 1. The van der Waals surface area contributed by atoms with Crippen molar-refractivity contribution in [2.45, 2.75) is 46.1 Å². The number of hydrogen-bond donors (Lipinski definition) is 2. The van der Waals surface area contributed by atoms with Gasteiger partial charge in [-0.25, -0.2) is 4.99 Å². The largest absolute Gasteiger partial charge is 0.416 e. The summed E-state index contributed by atoms with van der Waals surface area (Å²) >= 11 is 0. The number of pyridine rings is 1. The van der Waals surface area contributed by atoms with Gasteiger partial charge in [0.25, 0.3) is 5.91 Å². The van der Waals surface area contributed by atoms with Gasteiger partial charge in [0.05, 0.1) is 29.7 Å². The van der Waals surface area contributed by atoms with Gasteiger partial charge in [-0.2, -0.15) is 18.3 Å². The molecule has 10 nitrogen and oxygen atoms in total. The van der Waals surface area contributed by atoms with Crippen molar-refractivity contribution in [3.05, 3.63) is 113 Å². The number of aromatic nitrogens is 3. The second-order valence-corrected chi connectivity index (χ2v) is 13.3. The summed E-state index contributed by atoms with van der Waals surface area (Å²) < 4.78 is 46.3. The summed E-state index contributed by atoms with van der Waals surface area (Å²) in [6, 6.07) is 12.9. The Morgan fingerprint density at radius 1 is 1.08 bits per heavy atom. The molecule has 0 bridgehead atoms. The van der Waals surface area contributed by atoms with Crippen LogP contribution in [-0.4, -0.2) is 88.3 Å². The lowest BCUT2D eigenvalue weighted by atomic mass is 10.0.